The summed E-state index contributed by atoms with van der Waals surface area (Å²) in [5, 5.41) is 0. The summed E-state index contributed by atoms with van der Waals surface area (Å²) >= 11 is 1.89. The van der Waals surface area contributed by atoms with E-state index in [1.54, 1.807) is 0 Å². The summed E-state index contributed by atoms with van der Waals surface area (Å²) in [5.74, 6) is 0. The predicted octanol–water partition coefficient (Wildman–Crippen LogP) is 3.57. The molecule has 1 aromatic rings. The molecule has 1 unspecified atom stereocenters. The molecule has 0 amide bonds. The van der Waals surface area contributed by atoms with Gasteiger partial charge in [-0.05, 0) is 31.1 Å². The molecule has 2 nitrogen and oxygen atoms in total. The second kappa shape index (κ2) is 5.51. The van der Waals surface area contributed by atoms with Gasteiger partial charge in [0.05, 0.1) is 12.4 Å². The summed E-state index contributed by atoms with van der Waals surface area (Å²) in [4.78, 5) is 9.13. The lowest BCUT2D eigenvalue weighted by Crippen LogP contribution is -2.23. The summed E-state index contributed by atoms with van der Waals surface area (Å²) in [6.45, 7) is 4.39. The summed E-state index contributed by atoms with van der Waals surface area (Å²) < 4.78 is 0. The average molecular weight is 257 g/mol. The van der Waals surface area contributed by atoms with E-state index in [1.807, 2.05) is 23.9 Å². The Kier molecular flexibility index (Phi) is 4.56. The molecule has 16 heavy (non-hydrogen) atoms. The Balaban J connectivity index is 0.00000128. The average Bonchev–Trinajstić information content (AvgIpc) is 2.60. The van der Waals surface area contributed by atoms with Crippen molar-refractivity contribution in [1.82, 2.24) is 4.90 Å². The molecule has 2 heterocycles. The molecule has 1 aromatic heterocycles. The molecule has 0 saturated heterocycles. The summed E-state index contributed by atoms with van der Waals surface area (Å²) in [6, 6.07) is 2.67. The number of likely N-dealkylation sites (N-methyl/N-ethyl adjacent to an activating group) is 1. The minimum atomic E-state index is 0. The summed E-state index contributed by atoms with van der Waals surface area (Å²) in [5.41, 5.74) is 1.47. The molecule has 0 saturated carbocycles. The van der Waals surface area contributed by atoms with E-state index in [4.69, 9.17) is 0 Å². The Morgan fingerprint density at radius 3 is 2.88 bits per heavy atom. The number of hydrogen-bond donors (Lipinski definition) is 0. The van der Waals surface area contributed by atoms with Crippen LogP contribution in [0.3, 0.4) is 0 Å². The van der Waals surface area contributed by atoms with E-state index in [0.29, 0.717) is 6.04 Å². The fourth-order valence-electron chi connectivity index (χ4n) is 1.87. The Hall–Kier alpha value is -0.800. The third kappa shape index (κ3) is 2.47. The van der Waals surface area contributed by atoms with E-state index >= 15 is 0 Å². The van der Waals surface area contributed by atoms with E-state index in [2.05, 4.69) is 42.9 Å². The maximum atomic E-state index is 4.12. The van der Waals surface area contributed by atoms with Gasteiger partial charge >= 0.3 is 0 Å². The van der Waals surface area contributed by atoms with E-state index in [-0.39, 0.29) is 12.4 Å². The first-order valence-corrected chi connectivity index (χ1v) is 6.05. The lowest BCUT2D eigenvalue weighted by atomic mass is 10.1. The lowest BCUT2D eigenvalue weighted by molar-refractivity contribution is 0.449. The van der Waals surface area contributed by atoms with Gasteiger partial charge in [0.1, 0.15) is 0 Å². The first kappa shape index (κ1) is 13.3. The topological polar surface area (TPSA) is 15.6 Å². The number of thiophene rings is 1. The van der Waals surface area contributed by atoms with Gasteiger partial charge < -0.3 is 4.90 Å². The highest BCUT2D eigenvalue weighted by molar-refractivity contribution is 7.12. The number of rotatable bonds is 2. The van der Waals surface area contributed by atoms with Crippen LogP contribution in [0.25, 0.3) is 0 Å². The van der Waals surface area contributed by atoms with Crippen molar-refractivity contribution in [3.63, 3.8) is 0 Å². The Labute approximate surface area is 107 Å². The van der Waals surface area contributed by atoms with E-state index in [1.165, 1.54) is 15.3 Å². The zero-order chi connectivity index (χ0) is 10.8. The van der Waals surface area contributed by atoms with Gasteiger partial charge in [0, 0.05) is 23.0 Å². The van der Waals surface area contributed by atoms with Crippen LogP contribution in [-0.2, 0) is 6.42 Å². The van der Waals surface area contributed by atoms with Crippen molar-refractivity contribution in [3.05, 3.63) is 33.7 Å². The fourth-order valence-corrected chi connectivity index (χ4v) is 3.11. The smallest absolute Gasteiger partial charge is 0.0910 e. The standard InChI is InChI=1S/C12H16N2S.ClH/c1-4-10-7-9(2)15-12(10)11-5-6-13-8-14(11)3;/h5-8,11H,4H2,1-3H3;1H. The lowest BCUT2D eigenvalue weighted by Gasteiger charge is -2.25. The first-order valence-electron chi connectivity index (χ1n) is 5.23. The number of nitrogens with zero attached hydrogens (tertiary/aromatic N) is 2. The molecule has 1 aliphatic rings. The molecule has 0 aromatic carbocycles. The fraction of sp³-hybridized carbons (Fsp3) is 0.417. The van der Waals surface area contributed by atoms with Gasteiger partial charge in [0.15, 0.2) is 0 Å². The molecule has 0 radical (unpaired) electrons. The third-order valence-electron chi connectivity index (χ3n) is 2.66. The molecule has 0 bridgehead atoms. The molecule has 0 spiro atoms. The molecule has 4 heteroatoms. The van der Waals surface area contributed by atoms with Crippen LogP contribution in [0, 0.1) is 6.92 Å². The third-order valence-corrected chi connectivity index (χ3v) is 3.82. The van der Waals surface area contributed by atoms with Crippen LogP contribution in [0.4, 0.5) is 0 Å². The largest absolute Gasteiger partial charge is 0.354 e. The van der Waals surface area contributed by atoms with Crippen LogP contribution in [0.5, 0.6) is 0 Å². The number of hydrogen-bond acceptors (Lipinski definition) is 3. The molecular formula is C12H17ClN2S. The Morgan fingerprint density at radius 1 is 1.50 bits per heavy atom. The van der Waals surface area contributed by atoms with Gasteiger partial charge in [-0.3, -0.25) is 0 Å². The van der Waals surface area contributed by atoms with Crippen molar-refractivity contribution in [1.29, 1.82) is 0 Å². The number of halogens is 1. The van der Waals surface area contributed by atoms with Crippen LogP contribution in [0.2, 0.25) is 0 Å². The second-order valence-electron chi connectivity index (χ2n) is 3.82. The van der Waals surface area contributed by atoms with Gasteiger partial charge in [0.25, 0.3) is 0 Å². The highest BCUT2D eigenvalue weighted by atomic mass is 35.5. The zero-order valence-electron chi connectivity index (χ0n) is 9.80. The summed E-state index contributed by atoms with van der Waals surface area (Å²) in [6.07, 6.45) is 7.04. The van der Waals surface area contributed by atoms with Gasteiger partial charge in [-0.1, -0.05) is 6.92 Å². The van der Waals surface area contributed by atoms with Crippen LogP contribution in [0.1, 0.15) is 28.3 Å². The van der Waals surface area contributed by atoms with E-state index in [9.17, 15) is 0 Å². The molecule has 88 valence electrons. The molecule has 0 N–H and O–H groups in total. The van der Waals surface area contributed by atoms with Crippen molar-refractivity contribution >= 4 is 30.1 Å². The molecule has 2 rings (SSSR count). The van der Waals surface area contributed by atoms with Crippen molar-refractivity contribution in [2.45, 2.75) is 26.3 Å². The Morgan fingerprint density at radius 2 is 2.25 bits per heavy atom. The van der Waals surface area contributed by atoms with Crippen molar-refractivity contribution in [2.75, 3.05) is 7.05 Å². The highest BCUT2D eigenvalue weighted by Gasteiger charge is 2.19. The first-order chi connectivity index (χ1) is 7.22. The highest BCUT2D eigenvalue weighted by Crippen LogP contribution is 2.32. The maximum Gasteiger partial charge on any atom is 0.0910 e. The van der Waals surface area contributed by atoms with E-state index in [0.717, 1.165) is 6.42 Å². The minimum Gasteiger partial charge on any atom is -0.354 e. The van der Waals surface area contributed by atoms with E-state index < -0.39 is 0 Å². The quantitative estimate of drug-likeness (QED) is 0.790. The van der Waals surface area contributed by atoms with Gasteiger partial charge in [0.2, 0.25) is 0 Å². The number of aliphatic imine (C=N–C) groups is 1. The number of aryl methyl sites for hydroxylation is 2. The second-order valence-corrected chi connectivity index (χ2v) is 5.10. The SMILES string of the molecule is CCc1cc(C)sc1C1C=CN=CN1C.Cl. The monoisotopic (exact) mass is 256 g/mol. The normalized spacial score (nSPS) is 18.7. The molecule has 0 fully saturated rings. The van der Waals surface area contributed by atoms with Crippen LogP contribution >= 0.6 is 23.7 Å². The van der Waals surface area contributed by atoms with Crippen molar-refractivity contribution in [3.8, 4) is 0 Å². The van der Waals surface area contributed by atoms with Gasteiger partial charge in [-0.2, -0.15) is 0 Å². The minimum absolute atomic E-state index is 0. The molecular weight excluding hydrogens is 240 g/mol. The predicted molar refractivity (Wildman–Crippen MR) is 73.8 cm³/mol. The van der Waals surface area contributed by atoms with Gasteiger partial charge in [-0.25, -0.2) is 4.99 Å². The molecule has 0 aliphatic carbocycles. The summed E-state index contributed by atoms with van der Waals surface area (Å²) in [7, 11) is 2.08. The van der Waals surface area contributed by atoms with Crippen LogP contribution < -0.4 is 0 Å². The Bertz CT molecular complexity index is 409. The van der Waals surface area contributed by atoms with Crippen LogP contribution in [-0.4, -0.2) is 18.3 Å². The molecule has 1 aliphatic heterocycles. The van der Waals surface area contributed by atoms with Crippen LogP contribution in [0.15, 0.2) is 23.3 Å². The van der Waals surface area contributed by atoms with Crippen molar-refractivity contribution < 1.29 is 0 Å². The maximum absolute atomic E-state index is 4.12. The van der Waals surface area contributed by atoms with Crippen molar-refractivity contribution in [2.24, 2.45) is 4.99 Å². The zero-order valence-corrected chi connectivity index (χ0v) is 11.4. The van der Waals surface area contributed by atoms with Gasteiger partial charge in [-0.15, -0.1) is 23.7 Å². The molecule has 1 atom stereocenters.